The summed E-state index contributed by atoms with van der Waals surface area (Å²) in [7, 11) is -3.29. The molecule has 2 N–H and O–H groups in total. The molecule has 32 heavy (non-hydrogen) atoms. The van der Waals surface area contributed by atoms with Gasteiger partial charge in [-0.2, -0.15) is 0 Å². The first-order chi connectivity index (χ1) is 15.3. The Morgan fingerprint density at radius 1 is 1.19 bits per heavy atom. The quantitative estimate of drug-likeness (QED) is 0.597. The molecule has 4 atom stereocenters. The fourth-order valence-corrected chi connectivity index (χ4v) is 6.86. The summed E-state index contributed by atoms with van der Waals surface area (Å²) in [6.07, 6.45) is 7.54. The molecule has 4 unspecified atom stereocenters. The van der Waals surface area contributed by atoms with Gasteiger partial charge in [0.2, 0.25) is 10.0 Å². The SMILES string of the molecule is Cc1ccc(CN2CC34CC3CC(Nc3cccc5cnccc35)C24)cc1NS(C)(=O)=O. The average molecular weight is 449 g/mol. The van der Waals surface area contributed by atoms with E-state index in [1.54, 1.807) is 0 Å². The van der Waals surface area contributed by atoms with Gasteiger partial charge >= 0.3 is 0 Å². The Bertz CT molecular complexity index is 1320. The Labute approximate surface area is 189 Å². The predicted octanol–water partition coefficient (Wildman–Crippen LogP) is 3.99. The summed E-state index contributed by atoms with van der Waals surface area (Å²) in [6.45, 7) is 3.92. The second kappa shape index (κ2) is 6.93. The Balaban J connectivity index is 1.23. The van der Waals surface area contributed by atoms with Crippen LogP contribution in [0, 0.1) is 18.3 Å². The highest BCUT2D eigenvalue weighted by atomic mass is 32.2. The number of anilines is 2. The van der Waals surface area contributed by atoms with Gasteiger partial charge in [0, 0.05) is 59.4 Å². The van der Waals surface area contributed by atoms with Crippen LogP contribution in [0.2, 0.25) is 0 Å². The van der Waals surface area contributed by atoms with Crippen LogP contribution in [-0.4, -0.2) is 43.2 Å². The maximum absolute atomic E-state index is 11.7. The van der Waals surface area contributed by atoms with Crippen molar-refractivity contribution in [3.8, 4) is 0 Å². The van der Waals surface area contributed by atoms with Crippen molar-refractivity contribution in [2.45, 2.75) is 38.4 Å². The zero-order chi connectivity index (χ0) is 22.1. The van der Waals surface area contributed by atoms with E-state index >= 15 is 0 Å². The number of nitrogens with one attached hydrogen (secondary N) is 2. The number of likely N-dealkylation sites (tertiary alicyclic amines) is 1. The molecular weight excluding hydrogens is 420 g/mol. The number of nitrogens with zero attached hydrogens (tertiary/aromatic N) is 2. The molecule has 1 aliphatic heterocycles. The monoisotopic (exact) mass is 448 g/mol. The summed E-state index contributed by atoms with van der Waals surface area (Å²) in [6, 6.07) is 15.5. The Kier molecular flexibility index (Phi) is 4.33. The maximum Gasteiger partial charge on any atom is 0.229 e. The molecule has 1 spiro atoms. The molecule has 2 saturated carbocycles. The molecule has 0 amide bonds. The van der Waals surface area contributed by atoms with Crippen LogP contribution in [0.5, 0.6) is 0 Å². The molecule has 2 aliphatic carbocycles. The van der Waals surface area contributed by atoms with Gasteiger partial charge in [-0.3, -0.25) is 14.6 Å². The molecular formula is C25H28N4O2S. The topological polar surface area (TPSA) is 74.3 Å². The minimum Gasteiger partial charge on any atom is -0.380 e. The van der Waals surface area contributed by atoms with Crippen molar-refractivity contribution >= 4 is 32.2 Å². The number of hydrogen-bond acceptors (Lipinski definition) is 5. The second-order valence-electron chi connectivity index (χ2n) is 9.90. The average Bonchev–Trinajstić information content (AvgIpc) is 3.38. The number of benzene rings is 2. The number of sulfonamides is 1. The molecule has 166 valence electrons. The number of pyridine rings is 1. The zero-order valence-electron chi connectivity index (χ0n) is 18.4. The van der Waals surface area contributed by atoms with Gasteiger partial charge in [-0.1, -0.05) is 24.3 Å². The third kappa shape index (κ3) is 3.26. The van der Waals surface area contributed by atoms with Gasteiger partial charge in [0.25, 0.3) is 0 Å². The van der Waals surface area contributed by atoms with Crippen molar-refractivity contribution in [2.75, 3.05) is 22.8 Å². The lowest BCUT2D eigenvalue weighted by atomic mass is 9.83. The molecule has 2 aromatic carbocycles. The number of fused-ring (bicyclic) bond motifs is 1. The van der Waals surface area contributed by atoms with Gasteiger partial charge in [0.15, 0.2) is 0 Å². The number of aryl methyl sites for hydroxylation is 1. The van der Waals surface area contributed by atoms with Crippen molar-refractivity contribution in [1.82, 2.24) is 9.88 Å². The van der Waals surface area contributed by atoms with E-state index in [4.69, 9.17) is 0 Å². The van der Waals surface area contributed by atoms with Gasteiger partial charge in [-0.05, 0) is 55.0 Å². The summed E-state index contributed by atoms with van der Waals surface area (Å²) in [5.74, 6) is 0.832. The van der Waals surface area contributed by atoms with Crippen molar-refractivity contribution in [3.05, 3.63) is 66.0 Å². The van der Waals surface area contributed by atoms with Crippen LogP contribution >= 0.6 is 0 Å². The third-order valence-electron chi connectivity index (χ3n) is 7.68. The molecule has 3 fully saturated rings. The van der Waals surface area contributed by atoms with Crippen molar-refractivity contribution in [3.63, 3.8) is 0 Å². The van der Waals surface area contributed by atoms with Gasteiger partial charge in [0.05, 0.1) is 11.9 Å². The van der Waals surface area contributed by atoms with Crippen molar-refractivity contribution < 1.29 is 8.42 Å². The number of hydrogen-bond donors (Lipinski definition) is 2. The fourth-order valence-electron chi connectivity index (χ4n) is 6.24. The first-order valence-electron chi connectivity index (χ1n) is 11.2. The molecule has 1 saturated heterocycles. The highest BCUT2D eigenvalue weighted by Crippen LogP contribution is 2.70. The van der Waals surface area contributed by atoms with E-state index in [1.165, 1.54) is 30.2 Å². The molecule has 2 heterocycles. The van der Waals surface area contributed by atoms with E-state index in [9.17, 15) is 8.42 Å². The predicted molar refractivity (Wildman–Crippen MR) is 128 cm³/mol. The molecule has 1 aromatic heterocycles. The second-order valence-corrected chi connectivity index (χ2v) is 11.6. The lowest BCUT2D eigenvalue weighted by Gasteiger charge is -2.50. The van der Waals surface area contributed by atoms with Crippen LogP contribution in [0.1, 0.15) is 24.0 Å². The van der Waals surface area contributed by atoms with E-state index in [2.05, 4.69) is 50.3 Å². The third-order valence-corrected chi connectivity index (χ3v) is 8.27. The minimum absolute atomic E-state index is 0.431. The standard InChI is InChI=1S/C25H28N4O2S/c1-16-6-7-17(10-22(16)28-32(2,30)31)14-29-15-25-12-19(25)11-23(24(25)29)27-21-5-3-4-18-13-26-9-8-20(18)21/h3-10,13,19,23-24,27-28H,11-12,14-15H2,1-2H3. The smallest absolute Gasteiger partial charge is 0.229 e. The maximum atomic E-state index is 11.7. The van der Waals surface area contributed by atoms with Crippen LogP contribution in [0.3, 0.4) is 0 Å². The summed E-state index contributed by atoms with van der Waals surface area (Å²) in [5.41, 5.74) is 4.44. The van der Waals surface area contributed by atoms with Crippen LogP contribution < -0.4 is 10.0 Å². The Hall–Kier alpha value is -2.64. The zero-order valence-corrected chi connectivity index (χ0v) is 19.2. The van der Waals surface area contributed by atoms with Gasteiger partial charge < -0.3 is 5.32 Å². The fraction of sp³-hybridized carbons (Fsp3) is 0.400. The molecule has 7 heteroatoms. The van der Waals surface area contributed by atoms with Crippen molar-refractivity contribution in [1.29, 1.82) is 0 Å². The highest BCUT2D eigenvalue weighted by Gasteiger charge is 2.73. The van der Waals surface area contributed by atoms with E-state index < -0.39 is 10.0 Å². The number of rotatable bonds is 6. The first kappa shape index (κ1) is 20.0. The molecule has 0 radical (unpaired) electrons. The van der Waals surface area contributed by atoms with Crippen LogP contribution in [0.15, 0.2) is 54.9 Å². The van der Waals surface area contributed by atoms with Gasteiger partial charge in [-0.25, -0.2) is 8.42 Å². The molecule has 3 aliphatic rings. The van der Waals surface area contributed by atoms with E-state index in [0.717, 1.165) is 35.5 Å². The highest BCUT2D eigenvalue weighted by molar-refractivity contribution is 7.92. The van der Waals surface area contributed by atoms with E-state index in [-0.39, 0.29) is 0 Å². The Morgan fingerprint density at radius 3 is 2.91 bits per heavy atom. The molecule has 6 nitrogen and oxygen atoms in total. The van der Waals surface area contributed by atoms with Crippen molar-refractivity contribution in [2.24, 2.45) is 11.3 Å². The normalized spacial score (nSPS) is 28.6. The van der Waals surface area contributed by atoms with E-state index in [0.29, 0.717) is 23.2 Å². The van der Waals surface area contributed by atoms with Crippen LogP contribution in [0.4, 0.5) is 11.4 Å². The largest absolute Gasteiger partial charge is 0.380 e. The van der Waals surface area contributed by atoms with Gasteiger partial charge in [0.1, 0.15) is 0 Å². The summed E-state index contributed by atoms with van der Waals surface area (Å²) in [5, 5.41) is 6.26. The summed E-state index contributed by atoms with van der Waals surface area (Å²) >= 11 is 0. The minimum atomic E-state index is -3.29. The number of aromatic nitrogens is 1. The van der Waals surface area contributed by atoms with E-state index in [1.807, 2.05) is 31.5 Å². The molecule has 0 bridgehead atoms. The first-order valence-corrected chi connectivity index (χ1v) is 13.1. The summed E-state index contributed by atoms with van der Waals surface area (Å²) < 4.78 is 26.1. The van der Waals surface area contributed by atoms with Crippen LogP contribution in [-0.2, 0) is 16.6 Å². The lowest BCUT2D eigenvalue weighted by Crippen LogP contribution is -2.61. The lowest BCUT2D eigenvalue weighted by molar-refractivity contribution is -0.00693. The molecule has 6 rings (SSSR count). The van der Waals surface area contributed by atoms with Gasteiger partial charge in [-0.15, -0.1) is 0 Å². The molecule has 3 aromatic rings. The van der Waals surface area contributed by atoms with Crippen LogP contribution in [0.25, 0.3) is 10.8 Å². The Morgan fingerprint density at radius 2 is 2.06 bits per heavy atom. The summed E-state index contributed by atoms with van der Waals surface area (Å²) in [4.78, 5) is 6.83.